The summed E-state index contributed by atoms with van der Waals surface area (Å²) < 4.78 is 30.4. The van der Waals surface area contributed by atoms with Crippen LogP contribution in [0.3, 0.4) is 0 Å². The van der Waals surface area contributed by atoms with Crippen molar-refractivity contribution in [3.63, 3.8) is 0 Å². The highest BCUT2D eigenvalue weighted by molar-refractivity contribution is 7.99. The molecule has 0 aliphatic carbocycles. The van der Waals surface area contributed by atoms with E-state index in [1.54, 1.807) is 23.2 Å². The van der Waals surface area contributed by atoms with Crippen LogP contribution in [0.2, 0.25) is 0 Å². The molecular weight excluding hydrogens is 407 g/mol. The lowest BCUT2D eigenvalue weighted by Crippen LogP contribution is -2.44. The number of hydrogen-bond donors (Lipinski definition) is 0. The predicted molar refractivity (Wildman–Crippen MR) is 111 cm³/mol. The summed E-state index contributed by atoms with van der Waals surface area (Å²) in [6.45, 7) is 3.33. The number of ether oxygens (including phenoxy) is 2. The molecule has 1 aromatic heterocycles. The average molecular weight is 428 g/mol. The second kappa shape index (κ2) is 9.21. The van der Waals surface area contributed by atoms with Crippen LogP contribution in [-0.4, -0.2) is 47.3 Å². The Hall–Kier alpha value is -3.00. The Morgan fingerprint density at radius 3 is 2.73 bits per heavy atom. The van der Waals surface area contributed by atoms with Crippen LogP contribution in [0.15, 0.2) is 64.4 Å². The van der Waals surface area contributed by atoms with E-state index in [2.05, 4.69) is 4.98 Å². The van der Waals surface area contributed by atoms with E-state index in [0.29, 0.717) is 36.4 Å². The maximum atomic E-state index is 13.1. The van der Waals surface area contributed by atoms with Crippen molar-refractivity contribution in [2.45, 2.75) is 18.3 Å². The second-order valence-electron chi connectivity index (χ2n) is 6.72. The molecule has 8 heteroatoms. The molecule has 30 heavy (non-hydrogen) atoms. The van der Waals surface area contributed by atoms with Crippen LogP contribution < -0.4 is 9.47 Å². The Kier molecular flexibility index (Phi) is 6.23. The van der Waals surface area contributed by atoms with Crippen LogP contribution >= 0.6 is 11.8 Å². The first kappa shape index (κ1) is 20.3. The molecule has 1 unspecified atom stereocenters. The molecule has 0 saturated heterocycles. The number of likely N-dealkylation sites (N-methyl/N-ethyl adjacent to an activating group) is 1. The van der Waals surface area contributed by atoms with Crippen LogP contribution in [-0.2, 0) is 4.79 Å². The molecule has 2 heterocycles. The monoisotopic (exact) mass is 428 g/mol. The van der Waals surface area contributed by atoms with Crippen LogP contribution in [0.1, 0.15) is 6.92 Å². The first-order valence-corrected chi connectivity index (χ1v) is 10.6. The molecule has 0 bridgehead atoms. The van der Waals surface area contributed by atoms with Crippen LogP contribution in [0.25, 0.3) is 11.3 Å². The molecule has 3 aromatic rings. The third kappa shape index (κ3) is 4.76. The van der Waals surface area contributed by atoms with Gasteiger partial charge in [0.15, 0.2) is 23.4 Å². The highest BCUT2D eigenvalue weighted by Crippen LogP contribution is 2.31. The molecule has 2 aromatic carbocycles. The summed E-state index contributed by atoms with van der Waals surface area (Å²) in [5, 5.41) is 0.393. The molecule has 156 valence electrons. The standard InChI is InChI=1S/C22H21FN2O4S/c1-2-25(12-17-13-27-18-5-3-4-6-19(18)28-17)21(26)14-30-22-24-11-20(29-22)15-7-9-16(23)10-8-15/h3-11,17H,2,12-14H2,1H3. The van der Waals surface area contributed by atoms with Crippen molar-refractivity contribution in [1.82, 2.24) is 9.88 Å². The van der Waals surface area contributed by atoms with Gasteiger partial charge in [-0.25, -0.2) is 9.37 Å². The van der Waals surface area contributed by atoms with Crippen molar-refractivity contribution in [2.75, 3.05) is 25.4 Å². The third-order valence-electron chi connectivity index (χ3n) is 4.66. The zero-order valence-corrected chi connectivity index (χ0v) is 17.2. The summed E-state index contributed by atoms with van der Waals surface area (Å²) in [5.41, 5.74) is 0.729. The number of nitrogens with zero attached hydrogens (tertiary/aromatic N) is 2. The fourth-order valence-electron chi connectivity index (χ4n) is 3.09. The molecule has 1 aliphatic heterocycles. The van der Waals surface area contributed by atoms with Gasteiger partial charge in [0.2, 0.25) is 5.91 Å². The van der Waals surface area contributed by atoms with Crippen molar-refractivity contribution in [3.05, 3.63) is 60.5 Å². The van der Waals surface area contributed by atoms with E-state index < -0.39 is 0 Å². The first-order chi connectivity index (χ1) is 14.6. The van der Waals surface area contributed by atoms with E-state index in [1.807, 2.05) is 31.2 Å². The maximum absolute atomic E-state index is 13.1. The summed E-state index contributed by atoms with van der Waals surface area (Å²) in [7, 11) is 0. The van der Waals surface area contributed by atoms with E-state index in [1.165, 1.54) is 23.9 Å². The molecule has 1 atom stereocenters. The summed E-state index contributed by atoms with van der Waals surface area (Å²) in [5.74, 6) is 1.80. The second-order valence-corrected chi connectivity index (χ2v) is 7.64. The lowest BCUT2D eigenvalue weighted by atomic mass is 10.2. The average Bonchev–Trinajstić information content (AvgIpc) is 3.25. The van der Waals surface area contributed by atoms with E-state index in [0.717, 1.165) is 11.3 Å². The Morgan fingerprint density at radius 2 is 1.97 bits per heavy atom. The minimum Gasteiger partial charge on any atom is -0.486 e. The number of benzene rings is 2. The van der Waals surface area contributed by atoms with Gasteiger partial charge in [0.1, 0.15) is 12.4 Å². The molecule has 0 fully saturated rings. The van der Waals surface area contributed by atoms with Crippen molar-refractivity contribution in [1.29, 1.82) is 0 Å². The largest absolute Gasteiger partial charge is 0.486 e. The summed E-state index contributed by atoms with van der Waals surface area (Å²) >= 11 is 1.23. The Balaban J connectivity index is 1.31. The molecule has 6 nitrogen and oxygen atoms in total. The van der Waals surface area contributed by atoms with Crippen molar-refractivity contribution in [2.24, 2.45) is 0 Å². The predicted octanol–water partition coefficient (Wildman–Crippen LogP) is 4.26. The summed E-state index contributed by atoms with van der Waals surface area (Å²) in [6.07, 6.45) is 1.35. The van der Waals surface area contributed by atoms with E-state index >= 15 is 0 Å². The highest BCUT2D eigenvalue weighted by Gasteiger charge is 2.25. The van der Waals surface area contributed by atoms with Gasteiger partial charge in [0, 0.05) is 12.1 Å². The molecule has 0 saturated carbocycles. The summed E-state index contributed by atoms with van der Waals surface area (Å²) in [4.78, 5) is 18.6. The fraction of sp³-hybridized carbons (Fsp3) is 0.273. The van der Waals surface area contributed by atoms with Gasteiger partial charge in [0.25, 0.3) is 5.22 Å². The van der Waals surface area contributed by atoms with Gasteiger partial charge in [-0.1, -0.05) is 23.9 Å². The normalized spacial score (nSPS) is 15.1. The molecule has 0 N–H and O–H groups in total. The highest BCUT2D eigenvalue weighted by atomic mass is 32.2. The van der Waals surface area contributed by atoms with Crippen molar-refractivity contribution < 1.29 is 23.1 Å². The van der Waals surface area contributed by atoms with E-state index in [4.69, 9.17) is 13.9 Å². The number of hydrogen-bond acceptors (Lipinski definition) is 6. The van der Waals surface area contributed by atoms with Crippen molar-refractivity contribution in [3.8, 4) is 22.8 Å². The number of rotatable bonds is 7. The van der Waals surface area contributed by atoms with Gasteiger partial charge in [-0.2, -0.15) is 0 Å². The summed E-state index contributed by atoms with van der Waals surface area (Å²) in [6, 6.07) is 13.5. The molecule has 4 rings (SSSR count). The molecule has 1 amide bonds. The maximum Gasteiger partial charge on any atom is 0.256 e. The number of carbonyl (C=O) groups is 1. The minimum absolute atomic E-state index is 0.0357. The molecular formula is C22H21FN2O4S. The van der Waals surface area contributed by atoms with E-state index in [-0.39, 0.29) is 23.6 Å². The zero-order valence-electron chi connectivity index (χ0n) is 16.4. The molecule has 1 aliphatic rings. The Bertz CT molecular complexity index is 1010. The lowest BCUT2D eigenvalue weighted by Gasteiger charge is -2.30. The van der Waals surface area contributed by atoms with Gasteiger partial charge < -0.3 is 18.8 Å². The van der Waals surface area contributed by atoms with Crippen molar-refractivity contribution >= 4 is 17.7 Å². The zero-order chi connectivity index (χ0) is 20.9. The minimum atomic E-state index is -0.311. The topological polar surface area (TPSA) is 64.8 Å². The van der Waals surface area contributed by atoms with Crippen LogP contribution in [0.4, 0.5) is 4.39 Å². The van der Waals surface area contributed by atoms with Crippen LogP contribution in [0.5, 0.6) is 11.5 Å². The quantitative estimate of drug-likeness (QED) is 0.524. The molecule has 0 spiro atoms. The van der Waals surface area contributed by atoms with Gasteiger partial charge in [-0.15, -0.1) is 0 Å². The number of halogens is 1. The number of oxazole rings is 1. The van der Waals surface area contributed by atoms with Gasteiger partial charge in [-0.05, 0) is 43.3 Å². The van der Waals surface area contributed by atoms with Gasteiger partial charge >= 0.3 is 0 Å². The van der Waals surface area contributed by atoms with Crippen LogP contribution in [0, 0.1) is 5.82 Å². The number of para-hydroxylation sites is 2. The first-order valence-electron chi connectivity index (χ1n) is 9.63. The van der Waals surface area contributed by atoms with E-state index in [9.17, 15) is 9.18 Å². The Morgan fingerprint density at radius 1 is 1.20 bits per heavy atom. The SMILES string of the molecule is CCN(CC1COc2ccccc2O1)C(=O)CSc1ncc(-c2ccc(F)cc2)o1. The number of carbonyl (C=O) groups excluding carboxylic acids is 1. The Labute approximate surface area is 178 Å². The third-order valence-corrected chi connectivity index (χ3v) is 5.49. The van der Waals surface area contributed by atoms with Gasteiger partial charge in [0.05, 0.1) is 18.5 Å². The van der Waals surface area contributed by atoms with Gasteiger partial charge in [-0.3, -0.25) is 4.79 Å². The number of aromatic nitrogens is 1. The fourth-order valence-corrected chi connectivity index (χ4v) is 3.80. The molecule has 0 radical (unpaired) electrons. The smallest absolute Gasteiger partial charge is 0.256 e. The number of thioether (sulfide) groups is 1. The number of amides is 1. The number of fused-ring (bicyclic) bond motifs is 1. The lowest BCUT2D eigenvalue weighted by molar-refractivity contribution is -0.129.